The highest BCUT2D eigenvalue weighted by atomic mass is 16.4. The molecule has 1 amide bonds. The number of likely N-dealkylation sites (tertiary alicyclic amines) is 1. The highest BCUT2D eigenvalue weighted by molar-refractivity contribution is 5.78. The average Bonchev–Trinajstić information content (AvgIpc) is 2.41. The minimum Gasteiger partial charge on any atom is -0.481 e. The van der Waals surface area contributed by atoms with Gasteiger partial charge in [-0.1, -0.05) is 0 Å². The van der Waals surface area contributed by atoms with Gasteiger partial charge in [-0.2, -0.15) is 0 Å². The van der Waals surface area contributed by atoms with Crippen molar-refractivity contribution in [2.75, 3.05) is 18.8 Å². The summed E-state index contributed by atoms with van der Waals surface area (Å²) in [4.78, 5) is 28.8. The Bertz CT molecular complexity index is 487. The Kier molecular flexibility index (Phi) is 4.55. The summed E-state index contributed by atoms with van der Waals surface area (Å²) in [6.07, 6.45) is 3.63. The van der Waals surface area contributed by atoms with Crippen molar-refractivity contribution in [1.82, 2.24) is 9.88 Å². The molecule has 0 aromatic carbocycles. The zero-order valence-corrected chi connectivity index (χ0v) is 11.3. The fourth-order valence-corrected chi connectivity index (χ4v) is 2.51. The van der Waals surface area contributed by atoms with Crippen LogP contribution < -0.4 is 5.73 Å². The van der Waals surface area contributed by atoms with Crippen molar-refractivity contribution >= 4 is 17.6 Å². The second-order valence-electron chi connectivity index (χ2n) is 5.21. The summed E-state index contributed by atoms with van der Waals surface area (Å²) in [6, 6.07) is 3.46. The van der Waals surface area contributed by atoms with Gasteiger partial charge in [0.05, 0.1) is 18.3 Å². The topological polar surface area (TPSA) is 96.5 Å². The molecular weight excluding hydrogens is 258 g/mol. The number of carbonyl (C=O) groups is 2. The molecule has 1 aliphatic heterocycles. The highest BCUT2D eigenvalue weighted by Gasteiger charge is 2.25. The van der Waals surface area contributed by atoms with Gasteiger partial charge in [-0.05, 0) is 30.9 Å². The molecule has 2 heterocycles. The summed E-state index contributed by atoms with van der Waals surface area (Å²) < 4.78 is 0. The molecule has 6 nitrogen and oxygen atoms in total. The lowest BCUT2D eigenvalue weighted by Gasteiger charge is -2.32. The SMILES string of the molecule is Nc1ccc(CC(=O)N2CCCC(CC(=O)O)C2)nc1. The Hall–Kier alpha value is -2.11. The molecule has 0 radical (unpaired) electrons. The molecule has 1 atom stereocenters. The molecule has 1 fully saturated rings. The highest BCUT2D eigenvalue weighted by Crippen LogP contribution is 2.20. The number of hydrogen-bond donors (Lipinski definition) is 2. The number of carboxylic acids is 1. The number of aromatic nitrogens is 1. The van der Waals surface area contributed by atoms with Gasteiger partial charge in [-0.15, -0.1) is 0 Å². The van der Waals surface area contributed by atoms with Gasteiger partial charge in [0.15, 0.2) is 0 Å². The monoisotopic (exact) mass is 277 g/mol. The third-order valence-corrected chi connectivity index (χ3v) is 3.51. The van der Waals surface area contributed by atoms with E-state index in [9.17, 15) is 9.59 Å². The number of amides is 1. The van der Waals surface area contributed by atoms with Gasteiger partial charge in [0.1, 0.15) is 0 Å². The lowest BCUT2D eigenvalue weighted by atomic mass is 9.94. The van der Waals surface area contributed by atoms with Gasteiger partial charge >= 0.3 is 5.97 Å². The van der Waals surface area contributed by atoms with Crippen LogP contribution in [0.25, 0.3) is 0 Å². The van der Waals surface area contributed by atoms with Crippen LogP contribution in [0.1, 0.15) is 25.0 Å². The van der Waals surface area contributed by atoms with Crippen LogP contribution in [0.5, 0.6) is 0 Å². The molecule has 1 saturated heterocycles. The van der Waals surface area contributed by atoms with Crippen molar-refractivity contribution in [3.8, 4) is 0 Å². The minimum absolute atomic E-state index is 0.00244. The molecule has 0 spiro atoms. The van der Waals surface area contributed by atoms with Crippen LogP contribution in [0.3, 0.4) is 0 Å². The second kappa shape index (κ2) is 6.36. The van der Waals surface area contributed by atoms with Crippen molar-refractivity contribution < 1.29 is 14.7 Å². The number of anilines is 1. The van der Waals surface area contributed by atoms with E-state index in [2.05, 4.69) is 4.98 Å². The number of hydrogen-bond acceptors (Lipinski definition) is 4. The maximum atomic E-state index is 12.2. The largest absolute Gasteiger partial charge is 0.481 e. The molecule has 0 bridgehead atoms. The molecule has 20 heavy (non-hydrogen) atoms. The Morgan fingerprint density at radius 2 is 2.25 bits per heavy atom. The molecular formula is C14H19N3O3. The van der Waals surface area contributed by atoms with Crippen molar-refractivity contribution in [3.63, 3.8) is 0 Å². The predicted octanol–water partition coefficient (Wildman–Crippen LogP) is 0.920. The number of carboxylic acid groups (broad SMARTS) is 1. The number of nitrogens with two attached hydrogens (primary N) is 1. The fourth-order valence-electron chi connectivity index (χ4n) is 2.51. The zero-order valence-electron chi connectivity index (χ0n) is 11.3. The Labute approximate surface area is 117 Å². The van der Waals surface area contributed by atoms with Crippen LogP contribution in [-0.4, -0.2) is 40.0 Å². The molecule has 1 unspecified atom stereocenters. The quantitative estimate of drug-likeness (QED) is 0.853. The number of pyridine rings is 1. The lowest BCUT2D eigenvalue weighted by Crippen LogP contribution is -2.41. The molecule has 108 valence electrons. The molecule has 1 aromatic rings. The number of piperidine rings is 1. The lowest BCUT2D eigenvalue weighted by molar-refractivity contribution is -0.140. The summed E-state index contributed by atoms with van der Waals surface area (Å²) in [7, 11) is 0. The molecule has 6 heteroatoms. The van der Waals surface area contributed by atoms with E-state index in [1.54, 1.807) is 17.0 Å². The van der Waals surface area contributed by atoms with Gasteiger partial charge in [0.2, 0.25) is 5.91 Å². The first kappa shape index (κ1) is 14.3. The number of nitrogen functional groups attached to an aromatic ring is 1. The first-order chi connectivity index (χ1) is 9.54. The van der Waals surface area contributed by atoms with Gasteiger partial charge in [-0.3, -0.25) is 14.6 Å². The standard InChI is InChI=1S/C14H19N3O3/c15-11-3-4-12(16-8-11)7-13(18)17-5-1-2-10(9-17)6-14(19)20/h3-4,8,10H,1-2,5-7,9,15H2,(H,19,20). The minimum atomic E-state index is -0.801. The van der Waals surface area contributed by atoms with Crippen LogP contribution in [0.4, 0.5) is 5.69 Å². The molecule has 3 N–H and O–H groups in total. The van der Waals surface area contributed by atoms with E-state index in [0.29, 0.717) is 24.5 Å². The van der Waals surface area contributed by atoms with E-state index < -0.39 is 5.97 Å². The number of aliphatic carboxylic acids is 1. The van der Waals surface area contributed by atoms with Gasteiger partial charge < -0.3 is 15.7 Å². The first-order valence-corrected chi connectivity index (χ1v) is 6.74. The summed E-state index contributed by atoms with van der Waals surface area (Å²) >= 11 is 0. The maximum Gasteiger partial charge on any atom is 0.303 e. The third kappa shape index (κ3) is 3.94. The average molecular weight is 277 g/mol. The molecule has 2 rings (SSSR count). The molecule has 0 saturated carbocycles. The van der Waals surface area contributed by atoms with Crippen LogP contribution in [0, 0.1) is 5.92 Å². The summed E-state index contributed by atoms with van der Waals surface area (Å²) in [5, 5.41) is 8.83. The second-order valence-corrected chi connectivity index (χ2v) is 5.21. The van der Waals surface area contributed by atoms with Gasteiger partial charge in [0.25, 0.3) is 0 Å². The normalized spacial score (nSPS) is 18.8. The number of carbonyl (C=O) groups excluding carboxylic acids is 1. The van der Waals surface area contributed by atoms with E-state index in [-0.39, 0.29) is 24.7 Å². The maximum absolute atomic E-state index is 12.2. The predicted molar refractivity (Wildman–Crippen MR) is 73.9 cm³/mol. The van der Waals surface area contributed by atoms with Crippen LogP contribution >= 0.6 is 0 Å². The smallest absolute Gasteiger partial charge is 0.303 e. The summed E-state index contributed by atoms with van der Waals surface area (Å²) in [6.45, 7) is 1.23. The molecule has 1 aliphatic rings. The number of rotatable bonds is 4. The summed E-state index contributed by atoms with van der Waals surface area (Å²) in [5.41, 5.74) is 6.81. The van der Waals surface area contributed by atoms with Crippen LogP contribution in [0.15, 0.2) is 18.3 Å². The van der Waals surface area contributed by atoms with E-state index >= 15 is 0 Å². The van der Waals surface area contributed by atoms with Crippen molar-refractivity contribution in [3.05, 3.63) is 24.0 Å². The molecule has 1 aromatic heterocycles. The van der Waals surface area contributed by atoms with E-state index in [0.717, 1.165) is 12.8 Å². The first-order valence-electron chi connectivity index (χ1n) is 6.74. The van der Waals surface area contributed by atoms with E-state index in [1.165, 1.54) is 6.20 Å². The number of nitrogens with zero attached hydrogens (tertiary/aromatic N) is 2. The zero-order chi connectivity index (χ0) is 14.5. The van der Waals surface area contributed by atoms with Gasteiger partial charge in [0, 0.05) is 25.2 Å². The van der Waals surface area contributed by atoms with E-state index in [4.69, 9.17) is 10.8 Å². The van der Waals surface area contributed by atoms with Gasteiger partial charge in [-0.25, -0.2) is 0 Å². The molecule has 0 aliphatic carbocycles. The van der Waals surface area contributed by atoms with Crippen molar-refractivity contribution in [2.45, 2.75) is 25.7 Å². The fraction of sp³-hybridized carbons (Fsp3) is 0.500. The van der Waals surface area contributed by atoms with E-state index in [1.807, 2.05) is 0 Å². The Balaban J connectivity index is 1.91. The van der Waals surface area contributed by atoms with Crippen LogP contribution in [0.2, 0.25) is 0 Å². The third-order valence-electron chi connectivity index (χ3n) is 3.51. The summed E-state index contributed by atoms with van der Waals surface area (Å²) in [5.74, 6) is -0.744. The van der Waals surface area contributed by atoms with Crippen molar-refractivity contribution in [2.24, 2.45) is 5.92 Å². The Morgan fingerprint density at radius 3 is 2.90 bits per heavy atom. The van der Waals surface area contributed by atoms with Crippen molar-refractivity contribution in [1.29, 1.82) is 0 Å². The Morgan fingerprint density at radius 1 is 1.45 bits per heavy atom. The van der Waals surface area contributed by atoms with Crippen LogP contribution in [-0.2, 0) is 16.0 Å².